The Kier molecular flexibility index (Phi) is 9.65. The van der Waals surface area contributed by atoms with Crippen LogP contribution in [-0.4, -0.2) is 72.2 Å². The maximum atomic E-state index is 14.1. The lowest BCUT2D eigenvalue weighted by molar-refractivity contribution is -0.171. The summed E-state index contributed by atoms with van der Waals surface area (Å²) in [6.07, 6.45) is -3.36. The van der Waals surface area contributed by atoms with Gasteiger partial charge < -0.3 is 25.0 Å². The molecule has 2 amide bonds. The van der Waals surface area contributed by atoms with Gasteiger partial charge in [0.05, 0.1) is 16.8 Å². The van der Waals surface area contributed by atoms with E-state index in [0.717, 1.165) is 6.07 Å². The molecule has 0 aliphatic carbocycles. The summed E-state index contributed by atoms with van der Waals surface area (Å²) in [4.78, 5) is 29.6. The molecule has 48 heavy (non-hydrogen) atoms. The van der Waals surface area contributed by atoms with E-state index in [-0.39, 0.29) is 62.1 Å². The number of hydrogen-bond acceptors (Lipinski definition) is 6. The number of aliphatic hydroxyl groups excluding tert-OH is 1. The Morgan fingerprint density at radius 3 is 2.33 bits per heavy atom. The highest BCUT2D eigenvalue weighted by molar-refractivity contribution is 6.13. The molecule has 14 heteroatoms. The summed E-state index contributed by atoms with van der Waals surface area (Å²) in [7, 11) is 0. The summed E-state index contributed by atoms with van der Waals surface area (Å²) in [5.41, 5.74) is 1.81. The number of amides is 2. The number of piperidine rings is 1. The summed E-state index contributed by atoms with van der Waals surface area (Å²) in [5, 5.41) is 19.7. The van der Waals surface area contributed by atoms with Crippen LogP contribution in [0.5, 0.6) is 0 Å². The van der Waals surface area contributed by atoms with Crippen molar-refractivity contribution in [2.24, 2.45) is 5.92 Å². The number of ether oxygens (including phenoxy) is 1. The molecule has 0 bridgehead atoms. The van der Waals surface area contributed by atoms with Gasteiger partial charge in [-0.05, 0) is 91.6 Å². The molecule has 0 atom stereocenters. The number of aromatic amines is 1. The number of rotatable bonds is 8. The Morgan fingerprint density at radius 1 is 0.958 bits per heavy atom. The van der Waals surface area contributed by atoms with Gasteiger partial charge in [0, 0.05) is 56.1 Å². The standard InChI is InChI=1S/C34H34F5N5O4/c35-23-14-22(15-24(36)17-23)13-21-1-4-29-28(16-21)31(42-41-29)40-32(46)27-3-2-26(43-9-5-20(19-45)6-10-43)18-30(27)44(33(47)34(37,38)39)25-7-11-48-12-8-25/h1-4,14-18,20,25,45H,5-13,19H2,(H2,40,41,42,46). The maximum Gasteiger partial charge on any atom is 0.471 e. The predicted octanol–water partition coefficient (Wildman–Crippen LogP) is 5.97. The lowest BCUT2D eigenvalue weighted by Crippen LogP contribution is -2.50. The number of carbonyl (C=O) groups excluding carboxylic acids is 2. The molecule has 0 unspecified atom stereocenters. The largest absolute Gasteiger partial charge is 0.471 e. The molecule has 2 aliphatic heterocycles. The van der Waals surface area contributed by atoms with Crippen molar-refractivity contribution in [3.05, 3.63) is 82.9 Å². The van der Waals surface area contributed by atoms with Crippen molar-refractivity contribution in [3.8, 4) is 0 Å². The van der Waals surface area contributed by atoms with Gasteiger partial charge in [0.2, 0.25) is 0 Å². The molecule has 0 spiro atoms. The van der Waals surface area contributed by atoms with Crippen LogP contribution in [0.25, 0.3) is 10.9 Å². The highest BCUT2D eigenvalue weighted by Crippen LogP contribution is 2.36. The number of H-pyrrole nitrogens is 1. The molecule has 2 fully saturated rings. The molecule has 2 aliphatic rings. The van der Waals surface area contributed by atoms with Crippen LogP contribution >= 0.6 is 0 Å². The van der Waals surface area contributed by atoms with Gasteiger partial charge in [0.1, 0.15) is 11.6 Å². The fourth-order valence-corrected chi connectivity index (χ4v) is 6.42. The minimum Gasteiger partial charge on any atom is -0.396 e. The monoisotopic (exact) mass is 671 g/mol. The van der Waals surface area contributed by atoms with E-state index < -0.39 is 35.7 Å². The van der Waals surface area contributed by atoms with E-state index >= 15 is 0 Å². The first-order valence-electron chi connectivity index (χ1n) is 15.7. The number of carbonyl (C=O) groups is 2. The molecule has 1 aromatic heterocycles. The first-order chi connectivity index (χ1) is 23.0. The summed E-state index contributed by atoms with van der Waals surface area (Å²) in [5.74, 6) is -4.08. The van der Waals surface area contributed by atoms with Crippen molar-refractivity contribution in [3.63, 3.8) is 0 Å². The maximum absolute atomic E-state index is 14.1. The van der Waals surface area contributed by atoms with Crippen molar-refractivity contribution in [2.45, 2.75) is 44.3 Å². The quantitative estimate of drug-likeness (QED) is 0.199. The van der Waals surface area contributed by atoms with Crippen LogP contribution in [0.3, 0.4) is 0 Å². The van der Waals surface area contributed by atoms with Crippen LogP contribution < -0.4 is 15.1 Å². The number of nitrogens with one attached hydrogen (secondary N) is 2. The second-order valence-corrected chi connectivity index (χ2v) is 12.2. The van der Waals surface area contributed by atoms with Crippen molar-refractivity contribution in [1.29, 1.82) is 0 Å². The van der Waals surface area contributed by atoms with Crippen LogP contribution in [0.15, 0.2) is 54.6 Å². The van der Waals surface area contributed by atoms with E-state index in [2.05, 4.69) is 15.5 Å². The van der Waals surface area contributed by atoms with E-state index in [9.17, 15) is 36.6 Å². The number of anilines is 3. The number of fused-ring (bicyclic) bond motifs is 1. The normalized spacial score (nSPS) is 16.3. The number of aromatic nitrogens is 2. The molecule has 3 aromatic carbocycles. The first-order valence-corrected chi connectivity index (χ1v) is 15.7. The Labute approximate surface area is 272 Å². The summed E-state index contributed by atoms with van der Waals surface area (Å²) < 4.78 is 75.3. The second-order valence-electron chi connectivity index (χ2n) is 12.2. The van der Waals surface area contributed by atoms with Gasteiger partial charge in [-0.15, -0.1) is 0 Å². The zero-order chi connectivity index (χ0) is 34.0. The first kappa shape index (κ1) is 33.3. The number of benzene rings is 3. The Hall–Kier alpha value is -4.56. The molecule has 2 saturated heterocycles. The van der Waals surface area contributed by atoms with Gasteiger partial charge in [0.15, 0.2) is 5.82 Å². The lowest BCUT2D eigenvalue weighted by atomic mass is 9.97. The Morgan fingerprint density at radius 2 is 1.67 bits per heavy atom. The smallest absolute Gasteiger partial charge is 0.396 e. The van der Waals surface area contributed by atoms with Crippen LogP contribution in [0, 0.1) is 17.6 Å². The van der Waals surface area contributed by atoms with E-state index in [1.807, 2.05) is 4.90 Å². The fourth-order valence-electron chi connectivity index (χ4n) is 6.42. The number of halogens is 5. The molecule has 9 nitrogen and oxygen atoms in total. The van der Waals surface area contributed by atoms with E-state index in [1.165, 1.54) is 24.3 Å². The SMILES string of the molecule is O=C(Nc1n[nH]c2ccc(Cc3cc(F)cc(F)c3)cc12)c1ccc(N2CCC(CO)CC2)cc1N(C(=O)C(F)(F)F)C1CCOCC1. The molecule has 6 rings (SSSR count). The summed E-state index contributed by atoms with van der Waals surface area (Å²) >= 11 is 0. The molecule has 4 aromatic rings. The summed E-state index contributed by atoms with van der Waals surface area (Å²) in [6, 6.07) is 12.0. The van der Waals surface area contributed by atoms with Crippen molar-refractivity contribution in [2.75, 3.05) is 48.0 Å². The average Bonchev–Trinajstić information content (AvgIpc) is 3.46. The van der Waals surface area contributed by atoms with Crippen LogP contribution in [0.1, 0.15) is 47.2 Å². The number of hydrogen-bond donors (Lipinski definition) is 3. The zero-order valence-electron chi connectivity index (χ0n) is 25.8. The predicted molar refractivity (Wildman–Crippen MR) is 169 cm³/mol. The van der Waals surface area contributed by atoms with Gasteiger partial charge >= 0.3 is 12.1 Å². The Bertz CT molecular complexity index is 1780. The lowest BCUT2D eigenvalue weighted by Gasteiger charge is -2.37. The Balaban J connectivity index is 1.36. The molecule has 0 radical (unpaired) electrons. The van der Waals surface area contributed by atoms with Crippen molar-refractivity contribution in [1.82, 2.24) is 10.2 Å². The van der Waals surface area contributed by atoms with Gasteiger partial charge in [0.25, 0.3) is 5.91 Å². The molecule has 3 heterocycles. The molecular weight excluding hydrogens is 637 g/mol. The number of alkyl halides is 3. The highest BCUT2D eigenvalue weighted by atomic mass is 19.4. The topological polar surface area (TPSA) is 111 Å². The van der Waals surface area contributed by atoms with E-state index in [4.69, 9.17) is 4.74 Å². The average molecular weight is 672 g/mol. The minimum atomic E-state index is -5.21. The van der Waals surface area contributed by atoms with E-state index in [1.54, 1.807) is 24.3 Å². The fraction of sp³-hybridized carbons (Fsp3) is 0.382. The number of nitrogens with zero attached hydrogens (tertiary/aromatic N) is 3. The van der Waals surface area contributed by atoms with Crippen molar-refractivity contribution < 1.29 is 41.4 Å². The molecular formula is C34H34F5N5O4. The summed E-state index contributed by atoms with van der Waals surface area (Å²) in [6.45, 7) is 1.45. The van der Waals surface area contributed by atoms with Crippen LogP contribution in [0.4, 0.5) is 39.1 Å². The third-order valence-corrected chi connectivity index (χ3v) is 8.93. The van der Waals surface area contributed by atoms with Gasteiger partial charge in [-0.25, -0.2) is 8.78 Å². The van der Waals surface area contributed by atoms with E-state index in [0.29, 0.717) is 58.5 Å². The molecule has 0 saturated carbocycles. The molecule has 3 N–H and O–H groups in total. The minimum absolute atomic E-state index is 0.0442. The van der Waals surface area contributed by atoms with Gasteiger partial charge in [-0.1, -0.05) is 6.07 Å². The van der Waals surface area contributed by atoms with Gasteiger partial charge in [-0.2, -0.15) is 18.3 Å². The third-order valence-electron chi connectivity index (χ3n) is 8.93. The zero-order valence-corrected chi connectivity index (χ0v) is 25.8. The van der Waals surface area contributed by atoms with Crippen molar-refractivity contribution >= 4 is 39.9 Å². The second kappa shape index (κ2) is 13.9. The van der Waals surface area contributed by atoms with Crippen LogP contribution in [-0.2, 0) is 16.0 Å². The number of aliphatic hydroxyl groups is 1. The van der Waals surface area contributed by atoms with Gasteiger partial charge in [-0.3, -0.25) is 14.7 Å². The third kappa shape index (κ3) is 7.29. The highest BCUT2D eigenvalue weighted by Gasteiger charge is 2.46. The molecule has 254 valence electrons. The van der Waals surface area contributed by atoms with Crippen LogP contribution in [0.2, 0.25) is 0 Å².